The Balaban J connectivity index is 2.79. The van der Waals surface area contributed by atoms with E-state index >= 15 is 0 Å². The number of carbonyl (C=O) groups is 2. The van der Waals surface area contributed by atoms with E-state index < -0.39 is 11.2 Å². The molecule has 0 atom stereocenters. The molecule has 0 bridgehead atoms. The lowest BCUT2D eigenvalue weighted by molar-refractivity contribution is 0.0603. The van der Waals surface area contributed by atoms with Crippen molar-refractivity contribution < 1.29 is 14.3 Å². The average Bonchev–Trinajstić information content (AvgIpc) is 2.36. The topological polar surface area (TPSA) is 43.4 Å². The number of hydrogen-bond donors (Lipinski definition) is 0. The van der Waals surface area contributed by atoms with Crippen molar-refractivity contribution in [3.05, 3.63) is 47.5 Å². The molecule has 86 valence electrons. The Morgan fingerprint density at radius 2 is 1.53 bits per heavy atom. The van der Waals surface area contributed by atoms with Crippen molar-refractivity contribution >= 4 is 33.6 Å². The Hall–Kier alpha value is -1.87. The van der Waals surface area contributed by atoms with Gasteiger partial charge in [-0.1, -0.05) is 24.3 Å². The fourth-order valence-corrected chi connectivity index (χ4v) is 1.92. The summed E-state index contributed by atoms with van der Waals surface area (Å²) >= 11 is 5.49. The van der Waals surface area contributed by atoms with Gasteiger partial charge in [-0.2, -0.15) is 0 Å². The number of carbonyl (C=O) groups excluding carboxylic acids is 2. The zero-order chi connectivity index (χ0) is 12.4. The van der Waals surface area contributed by atoms with Gasteiger partial charge < -0.3 is 4.74 Å². The molecule has 0 amide bonds. The van der Waals surface area contributed by atoms with Crippen LogP contribution in [0.15, 0.2) is 36.4 Å². The first-order valence-corrected chi connectivity index (χ1v) is 5.33. The lowest BCUT2D eigenvalue weighted by atomic mass is 10.0. The first-order chi connectivity index (χ1) is 8.15. The van der Waals surface area contributed by atoms with E-state index in [1.807, 2.05) is 0 Å². The number of benzene rings is 2. The lowest BCUT2D eigenvalue weighted by Crippen LogP contribution is -2.03. The lowest BCUT2D eigenvalue weighted by Gasteiger charge is -2.07. The summed E-state index contributed by atoms with van der Waals surface area (Å²) in [6, 6.07) is 10.2. The molecular weight excluding hydrogens is 240 g/mol. The molecule has 0 aromatic heterocycles. The monoisotopic (exact) mass is 248 g/mol. The third kappa shape index (κ3) is 2.01. The Morgan fingerprint density at radius 3 is 2.06 bits per heavy atom. The second kappa shape index (κ2) is 4.55. The van der Waals surface area contributed by atoms with Gasteiger partial charge >= 0.3 is 5.97 Å². The van der Waals surface area contributed by atoms with Crippen molar-refractivity contribution in [2.75, 3.05) is 7.11 Å². The quantitative estimate of drug-likeness (QED) is 0.606. The zero-order valence-corrected chi connectivity index (χ0v) is 9.82. The van der Waals surface area contributed by atoms with E-state index in [2.05, 4.69) is 4.74 Å². The number of fused-ring (bicyclic) bond motifs is 1. The van der Waals surface area contributed by atoms with E-state index in [-0.39, 0.29) is 0 Å². The molecule has 0 radical (unpaired) electrons. The van der Waals surface area contributed by atoms with Crippen molar-refractivity contribution in [1.29, 1.82) is 0 Å². The van der Waals surface area contributed by atoms with E-state index in [9.17, 15) is 9.59 Å². The summed E-state index contributed by atoms with van der Waals surface area (Å²) in [6.07, 6.45) is 0. The first kappa shape index (κ1) is 11.6. The maximum atomic E-state index is 11.6. The van der Waals surface area contributed by atoms with Crippen LogP contribution < -0.4 is 0 Å². The molecule has 4 heteroatoms. The summed E-state index contributed by atoms with van der Waals surface area (Å²) in [5.41, 5.74) is 0.805. The minimum atomic E-state index is -0.544. The van der Waals surface area contributed by atoms with Gasteiger partial charge in [0.2, 0.25) is 0 Å². The minimum absolute atomic E-state index is 0.384. The Morgan fingerprint density at radius 1 is 1.00 bits per heavy atom. The van der Waals surface area contributed by atoms with E-state index in [0.29, 0.717) is 21.9 Å². The zero-order valence-electron chi connectivity index (χ0n) is 9.07. The fraction of sp³-hybridized carbons (Fsp3) is 0.0769. The van der Waals surface area contributed by atoms with E-state index in [1.54, 1.807) is 30.3 Å². The van der Waals surface area contributed by atoms with E-state index in [1.165, 1.54) is 13.2 Å². The SMILES string of the molecule is COC(=O)c1ccc(C(=O)Cl)c2ccccc12. The third-order valence-corrected chi connectivity index (χ3v) is 2.74. The summed E-state index contributed by atoms with van der Waals surface area (Å²) < 4.78 is 4.69. The molecule has 0 saturated carbocycles. The van der Waals surface area contributed by atoms with Crippen molar-refractivity contribution in [2.45, 2.75) is 0 Å². The second-order valence-corrected chi connectivity index (χ2v) is 3.81. The predicted molar refractivity (Wildman–Crippen MR) is 65.5 cm³/mol. The summed E-state index contributed by atoms with van der Waals surface area (Å²) in [5, 5.41) is 0.763. The van der Waals surface area contributed by atoms with Crippen molar-refractivity contribution in [1.82, 2.24) is 0 Å². The Kier molecular flexibility index (Phi) is 3.11. The van der Waals surface area contributed by atoms with Crippen LogP contribution in [-0.2, 0) is 4.74 Å². The molecule has 2 aromatic carbocycles. The highest BCUT2D eigenvalue weighted by Gasteiger charge is 2.14. The van der Waals surface area contributed by atoms with Crippen LogP contribution in [0.1, 0.15) is 20.7 Å². The van der Waals surface area contributed by atoms with Gasteiger partial charge in [0.15, 0.2) is 0 Å². The molecule has 2 rings (SSSR count). The van der Waals surface area contributed by atoms with Crippen molar-refractivity contribution in [3.8, 4) is 0 Å². The normalized spacial score (nSPS) is 10.2. The number of hydrogen-bond acceptors (Lipinski definition) is 3. The van der Waals surface area contributed by atoms with Gasteiger partial charge in [-0.05, 0) is 34.5 Å². The number of halogens is 1. The molecule has 0 saturated heterocycles. The van der Waals surface area contributed by atoms with Gasteiger partial charge in [0.05, 0.1) is 12.7 Å². The average molecular weight is 249 g/mol. The van der Waals surface area contributed by atoms with Crippen LogP contribution >= 0.6 is 11.6 Å². The molecule has 0 spiro atoms. The standard InChI is InChI=1S/C13H9ClO3/c1-17-13(16)11-7-6-10(12(14)15)8-4-2-3-5-9(8)11/h2-7H,1H3. The molecule has 0 aliphatic rings. The van der Waals surface area contributed by atoms with Gasteiger partial charge in [0.1, 0.15) is 0 Å². The summed E-state index contributed by atoms with van der Waals surface area (Å²) in [6.45, 7) is 0. The molecule has 17 heavy (non-hydrogen) atoms. The summed E-state index contributed by atoms with van der Waals surface area (Å²) in [5.74, 6) is -0.435. The number of rotatable bonds is 2. The number of methoxy groups -OCH3 is 1. The maximum Gasteiger partial charge on any atom is 0.338 e. The van der Waals surface area contributed by atoms with Crippen LogP contribution in [-0.4, -0.2) is 18.3 Å². The van der Waals surface area contributed by atoms with Crippen LogP contribution in [0.4, 0.5) is 0 Å². The van der Waals surface area contributed by atoms with Crippen molar-refractivity contribution in [3.63, 3.8) is 0 Å². The highest BCUT2D eigenvalue weighted by molar-refractivity contribution is 6.68. The molecule has 0 heterocycles. The maximum absolute atomic E-state index is 11.6. The molecule has 0 aliphatic heterocycles. The van der Waals surface area contributed by atoms with E-state index in [0.717, 1.165) is 0 Å². The molecular formula is C13H9ClO3. The van der Waals surface area contributed by atoms with Crippen LogP contribution in [0.5, 0.6) is 0 Å². The van der Waals surface area contributed by atoms with Gasteiger partial charge in [-0.25, -0.2) is 4.79 Å². The molecule has 0 fully saturated rings. The number of ether oxygens (including phenoxy) is 1. The van der Waals surface area contributed by atoms with Gasteiger partial charge in [0.25, 0.3) is 5.24 Å². The molecule has 3 nitrogen and oxygen atoms in total. The molecule has 0 N–H and O–H groups in total. The Bertz CT molecular complexity index is 605. The largest absolute Gasteiger partial charge is 0.465 e. The smallest absolute Gasteiger partial charge is 0.338 e. The number of esters is 1. The minimum Gasteiger partial charge on any atom is -0.465 e. The molecule has 0 unspecified atom stereocenters. The predicted octanol–water partition coefficient (Wildman–Crippen LogP) is 3.01. The highest BCUT2D eigenvalue weighted by Crippen LogP contribution is 2.24. The van der Waals surface area contributed by atoms with E-state index in [4.69, 9.17) is 11.6 Å². The van der Waals surface area contributed by atoms with Gasteiger partial charge in [-0.3, -0.25) is 4.79 Å². The summed E-state index contributed by atoms with van der Waals surface area (Å²) in [7, 11) is 1.32. The summed E-state index contributed by atoms with van der Waals surface area (Å²) in [4.78, 5) is 22.8. The van der Waals surface area contributed by atoms with Crippen LogP contribution in [0.2, 0.25) is 0 Å². The fourth-order valence-electron chi connectivity index (χ4n) is 1.76. The second-order valence-electron chi connectivity index (χ2n) is 3.47. The third-order valence-electron chi connectivity index (χ3n) is 2.54. The van der Waals surface area contributed by atoms with Gasteiger partial charge in [-0.15, -0.1) is 0 Å². The molecule has 0 aliphatic carbocycles. The Labute approximate surface area is 103 Å². The van der Waals surface area contributed by atoms with Gasteiger partial charge in [0, 0.05) is 5.56 Å². The first-order valence-electron chi connectivity index (χ1n) is 4.95. The van der Waals surface area contributed by atoms with Crippen LogP contribution in [0.25, 0.3) is 10.8 Å². The van der Waals surface area contributed by atoms with Crippen LogP contribution in [0.3, 0.4) is 0 Å². The highest BCUT2D eigenvalue weighted by atomic mass is 35.5. The molecule has 2 aromatic rings. The van der Waals surface area contributed by atoms with Crippen LogP contribution in [0, 0.1) is 0 Å². The van der Waals surface area contributed by atoms with Crippen molar-refractivity contribution in [2.24, 2.45) is 0 Å².